The van der Waals surface area contributed by atoms with Gasteiger partial charge in [-0.3, -0.25) is 0 Å². The average Bonchev–Trinajstić information content (AvgIpc) is 2.65. The molecule has 0 aliphatic rings. The maximum absolute atomic E-state index is 13.1. The van der Waals surface area contributed by atoms with Crippen LogP contribution in [0, 0.1) is 5.82 Å². The SMILES string of the molecule is CNCc1cc(F)ccc1-n1cc(Cl)cn1. The van der Waals surface area contributed by atoms with Gasteiger partial charge in [0.2, 0.25) is 0 Å². The van der Waals surface area contributed by atoms with Gasteiger partial charge in [-0.25, -0.2) is 9.07 Å². The second-order valence-corrected chi connectivity index (χ2v) is 3.84. The fourth-order valence-electron chi connectivity index (χ4n) is 1.54. The van der Waals surface area contributed by atoms with Gasteiger partial charge < -0.3 is 5.32 Å². The first-order valence-electron chi connectivity index (χ1n) is 4.84. The smallest absolute Gasteiger partial charge is 0.123 e. The lowest BCUT2D eigenvalue weighted by Crippen LogP contribution is -2.09. The average molecular weight is 240 g/mol. The largest absolute Gasteiger partial charge is 0.316 e. The van der Waals surface area contributed by atoms with Gasteiger partial charge in [-0.1, -0.05) is 11.6 Å². The maximum atomic E-state index is 13.1. The summed E-state index contributed by atoms with van der Waals surface area (Å²) in [5, 5.41) is 7.64. The van der Waals surface area contributed by atoms with Crippen LogP contribution in [0.4, 0.5) is 4.39 Å². The molecule has 0 aliphatic heterocycles. The molecule has 0 radical (unpaired) electrons. The highest BCUT2D eigenvalue weighted by atomic mass is 35.5. The lowest BCUT2D eigenvalue weighted by molar-refractivity contribution is 0.622. The summed E-state index contributed by atoms with van der Waals surface area (Å²) in [6, 6.07) is 4.58. The molecular formula is C11H11ClFN3. The molecule has 1 aromatic heterocycles. The van der Waals surface area contributed by atoms with E-state index in [2.05, 4.69) is 10.4 Å². The van der Waals surface area contributed by atoms with E-state index in [1.165, 1.54) is 12.1 Å². The molecule has 0 fully saturated rings. The minimum atomic E-state index is -0.257. The van der Waals surface area contributed by atoms with E-state index in [0.29, 0.717) is 11.6 Å². The van der Waals surface area contributed by atoms with Crippen molar-refractivity contribution < 1.29 is 4.39 Å². The Balaban J connectivity index is 2.47. The molecule has 2 aromatic rings. The van der Waals surface area contributed by atoms with Crippen molar-refractivity contribution in [3.63, 3.8) is 0 Å². The number of halogens is 2. The van der Waals surface area contributed by atoms with Gasteiger partial charge in [0.25, 0.3) is 0 Å². The van der Waals surface area contributed by atoms with Gasteiger partial charge >= 0.3 is 0 Å². The highest BCUT2D eigenvalue weighted by Crippen LogP contribution is 2.17. The third-order valence-electron chi connectivity index (χ3n) is 2.21. The highest BCUT2D eigenvalue weighted by molar-refractivity contribution is 6.30. The highest BCUT2D eigenvalue weighted by Gasteiger charge is 2.06. The molecule has 0 bridgehead atoms. The standard InChI is InChI=1S/C11H11ClFN3/c1-14-5-8-4-10(13)2-3-11(8)16-7-9(12)6-15-16/h2-4,6-7,14H,5H2,1H3. The monoisotopic (exact) mass is 239 g/mol. The van der Waals surface area contributed by atoms with Gasteiger partial charge in [-0.2, -0.15) is 5.10 Å². The van der Waals surface area contributed by atoms with Crippen LogP contribution < -0.4 is 5.32 Å². The lowest BCUT2D eigenvalue weighted by Gasteiger charge is -2.09. The van der Waals surface area contributed by atoms with E-state index in [-0.39, 0.29) is 5.82 Å². The fraction of sp³-hybridized carbons (Fsp3) is 0.182. The fourth-order valence-corrected chi connectivity index (χ4v) is 1.68. The molecular weight excluding hydrogens is 229 g/mol. The second kappa shape index (κ2) is 4.63. The minimum Gasteiger partial charge on any atom is -0.316 e. The number of hydrogen-bond donors (Lipinski definition) is 1. The normalized spacial score (nSPS) is 10.7. The topological polar surface area (TPSA) is 29.9 Å². The zero-order valence-corrected chi connectivity index (χ0v) is 9.50. The van der Waals surface area contributed by atoms with E-state index in [1.54, 1.807) is 23.1 Å². The van der Waals surface area contributed by atoms with Crippen molar-refractivity contribution in [3.05, 3.63) is 47.0 Å². The molecule has 0 saturated heterocycles. The van der Waals surface area contributed by atoms with Crippen LogP contribution in [0.2, 0.25) is 5.02 Å². The molecule has 16 heavy (non-hydrogen) atoms. The van der Waals surface area contributed by atoms with Gasteiger partial charge in [-0.05, 0) is 30.8 Å². The predicted molar refractivity (Wildman–Crippen MR) is 61.3 cm³/mol. The number of benzene rings is 1. The van der Waals surface area contributed by atoms with Gasteiger partial charge in [0.05, 0.1) is 16.9 Å². The molecule has 3 nitrogen and oxygen atoms in total. The molecule has 2 rings (SSSR count). The molecule has 0 spiro atoms. The summed E-state index contributed by atoms with van der Waals surface area (Å²) in [5.74, 6) is -0.257. The molecule has 84 valence electrons. The summed E-state index contributed by atoms with van der Waals surface area (Å²) in [7, 11) is 1.81. The number of rotatable bonds is 3. The van der Waals surface area contributed by atoms with E-state index >= 15 is 0 Å². The molecule has 1 aromatic carbocycles. The Bertz CT molecular complexity index is 496. The van der Waals surface area contributed by atoms with Crippen LogP contribution in [0.25, 0.3) is 5.69 Å². The molecule has 5 heteroatoms. The summed E-state index contributed by atoms with van der Waals surface area (Å²) < 4.78 is 14.7. The van der Waals surface area contributed by atoms with E-state index in [1.807, 2.05) is 7.05 Å². The summed E-state index contributed by atoms with van der Waals surface area (Å²) in [6.07, 6.45) is 3.24. The lowest BCUT2D eigenvalue weighted by atomic mass is 10.1. The quantitative estimate of drug-likeness (QED) is 0.891. The van der Waals surface area contributed by atoms with E-state index in [0.717, 1.165) is 11.3 Å². The van der Waals surface area contributed by atoms with E-state index in [9.17, 15) is 4.39 Å². The van der Waals surface area contributed by atoms with Crippen molar-refractivity contribution >= 4 is 11.6 Å². The molecule has 1 N–H and O–H groups in total. The first-order chi connectivity index (χ1) is 7.70. The Kier molecular flexibility index (Phi) is 3.22. The van der Waals surface area contributed by atoms with Gasteiger partial charge in [0.1, 0.15) is 5.82 Å². The van der Waals surface area contributed by atoms with Crippen LogP contribution in [0.1, 0.15) is 5.56 Å². The second-order valence-electron chi connectivity index (χ2n) is 3.41. The van der Waals surface area contributed by atoms with Gasteiger partial charge in [0.15, 0.2) is 0 Å². The Morgan fingerprint density at radius 3 is 2.94 bits per heavy atom. The minimum absolute atomic E-state index is 0.257. The predicted octanol–water partition coefficient (Wildman–Crippen LogP) is 2.38. The maximum Gasteiger partial charge on any atom is 0.123 e. The third kappa shape index (κ3) is 2.23. The molecule has 0 atom stereocenters. The number of nitrogens with zero attached hydrogens (tertiary/aromatic N) is 2. The van der Waals surface area contributed by atoms with Crippen LogP contribution in [-0.4, -0.2) is 16.8 Å². The first kappa shape index (κ1) is 11.1. The van der Waals surface area contributed by atoms with E-state index in [4.69, 9.17) is 11.6 Å². The van der Waals surface area contributed by atoms with Crippen LogP contribution in [-0.2, 0) is 6.54 Å². The van der Waals surface area contributed by atoms with Crippen molar-refractivity contribution in [2.45, 2.75) is 6.54 Å². The summed E-state index contributed by atoms with van der Waals surface area (Å²) >= 11 is 5.80. The third-order valence-corrected chi connectivity index (χ3v) is 2.40. The van der Waals surface area contributed by atoms with Crippen molar-refractivity contribution in [3.8, 4) is 5.69 Å². The number of nitrogens with one attached hydrogen (secondary N) is 1. The van der Waals surface area contributed by atoms with Crippen molar-refractivity contribution in [1.82, 2.24) is 15.1 Å². The van der Waals surface area contributed by atoms with Crippen LogP contribution in [0.15, 0.2) is 30.6 Å². The van der Waals surface area contributed by atoms with Crippen molar-refractivity contribution in [2.75, 3.05) is 7.05 Å². The van der Waals surface area contributed by atoms with Crippen LogP contribution >= 0.6 is 11.6 Å². The van der Waals surface area contributed by atoms with Crippen molar-refractivity contribution in [1.29, 1.82) is 0 Å². The summed E-state index contributed by atoms with van der Waals surface area (Å²) in [4.78, 5) is 0. The molecule has 1 heterocycles. The van der Waals surface area contributed by atoms with Gasteiger partial charge in [-0.15, -0.1) is 0 Å². The Morgan fingerprint density at radius 2 is 2.31 bits per heavy atom. The molecule has 0 saturated carbocycles. The Hall–Kier alpha value is -1.39. The number of hydrogen-bond acceptors (Lipinski definition) is 2. The Labute approximate surface area is 97.8 Å². The summed E-state index contributed by atoms with van der Waals surface area (Å²) in [6.45, 7) is 0.574. The van der Waals surface area contributed by atoms with Crippen LogP contribution in [0.3, 0.4) is 0 Å². The zero-order chi connectivity index (χ0) is 11.5. The molecule has 0 amide bonds. The molecule has 0 aliphatic carbocycles. The Morgan fingerprint density at radius 1 is 1.50 bits per heavy atom. The van der Waals surface area contributed by atoms with E-state index < -0.39 is 0 Å². The van der Waals surface area contributed by atoms with Crippen molar-refractivity contribution in [2.24, 2.45) is 0 Å². The zero-order valence-electron chi connectivity index (χ0n) is 8.74. The first-order valence-corrected chi connectivity index (χ1v) is 5.22. The molecule has 0 unspecified atom stereocenters. The number of aromatic nitrogens is 2. The summed E-state index contributed by atoms with van der Waals surface area (Å²) in [5.41, 5.74) is 1.66. The van der Waals surface area contributed by atoms with Crippen LogP contribution in [0.5, 0.6) is 0 Å². The van der Waals surface area contributed by atoms with Gasteiger partial charge in [0, 0.05) is 12.7 Å².